The molecule has 1 aromatic rings. The van der Waals surface area contributed by atoms with Gasteiger partial charge in [0.15, 0.2) is 0 Å². The van der Waals surface area contributed by atoms with Crippen molar-refractivity contribution in [2.45, 2.75) is 33.7 Å². The summed E-state index contributed by atoms with van der Waals surface area (Å²) in [4.78, 5) is 40.3. The predicted octanol–water partition coefficient (Wildman–Crippen LogP) is 1.58. The minimum Gasteiger partial charge on any atom is -0.349 e. The van der Waals surface area contributed by atoms with Crippen LogP contribution in [-0.4, -0.2) is 53.7 Å². The third-order valence-electron chi connectivity index (χ3n) is 4.76. The maximum atomic E-state index is 12.8. The number of amides is 3. The summed E-state index contributed by atoms with van der Waals surface area (Å²) in [6.07, 6.45) is 0. The zero-order chi connectivity index (χ0) is 18.6. The summed E-state index contributed by atoms with van der Waals surface area (Å²) in [5, 5.41) is 2.93. The SMILES string of the molecule is CC(=O)N1CCN(C(=O)C(C)(C)C(=O)NC(C)c2ccccc2)CC1. The Hall–Kier alpha value is -2.37. The normalized spacial score (nSPS) is 16.3. The number of carbonyl (C=O) groups is 3. The van der Waals surface area contributed by atoms with E-state index in [2.05, 4.69) is 5.32 Å². The highest BCUT2D eigenvalue weighted by Gasteiger charge is 2.40. The first-order valence-electron chi connectivity index (χ1n) is 8.64. The van der Waals surface area contributed by atoms with E-state index in [1.54, 1.807) is 23.6 Å². The van der Waals surface area contributed by atoms with Gasteiger partial charge in [-0.1, -0.05) is 30.3 Å². The Morgan fingerprint density at radius 2 is 1.52 bits per heavy atom. The average molecular weight is 345 g/mol. The van der Waals surface area contributed by atoms with Gasteiger partial charge in [0.2, 0.25) is 17.7 Å². The molecule has 2 rings (SSSR count). The van der Waals surface area contributed by atoms with Gasteiger partial charge in [-0.2, -0.15) is 0 Å². The molecule has 6 heteroatoms. The van der Waals surface area contributed by atoms with Crippen molar-refractivity contribution in [2.24, 2.45) is 5.41 Å². The van der Waals surface area contributed by atoms with Crippen LogP contribution in [0.4, 0.5) is 0 Å². The number of nitrogens with zero attached hydrogens (tertiary/aromatic N) is 2. The van der Waals surface area contributed by atoms with Crippen molar-refractivity contribution in [1.29, 1.82) is 0 Å². The van der Waals surface area contributed by atoms with E-state index in [0.29, 0.717) is 26.2 Å². The van der Waals surface area contributed by atoms with E-state index < -0.39 is 5.41 Å². The monoisotopic (exact) mass is 345 g/mol. The minimum absolute atomic E-state index is 0.0146. The molecule has 136 valence electrons. The number of carbonyl (C=O) groups excluding carboxylic acids is 3. The molecule has 0 bridgehead atoms. The van der Waals surface area contributed by atoms with Crippen molar-refractivity contribution in [1.82, 2.24) is 15.1 Å². The van der Waals surface area contributed by atoms with Crippen molar-refractivity contribution in [3.05, 3.63) is 35.9 Å². The van der Waals surface area contributed by atoms with Crippen LogP contribution in [0, 0.1) is 5.41 Å². The Labute approximate surface area is 149 Å². The summed E-state index contributed by atoms with van der Waals surface area (Å²) >= 11 is 0. The highest BCUT2D eigenvalue weighted by Crippen LogP contribution is 2.23. The van der Waals surface area contributed by atoms with Crippen molar-refractivity contribution in [3.8, 4) is 0 Å². The summed E-state index contributed by atoms with van der Waals surface area (Å²) < 4.78 is 0. The molecule has 0 saturated carbocycles. The lowest BCUT2D eigenvalue weighted by molar-refractivity contribution is -0.151. The molecule has 0 spiro atoms. The van der Waals surface area contributed by atoms with Gasteiger partial charge in [-0.3, -0.25) is 14.4 Å². The first kappa shape index (κ1) is 19.0. The third-order valence-corrected chi connectivity index (χ3v) is 4.76. The fraction of sp³-hybridized carbons (Fsp3) is 0.526. The molecule has 6 nitrogen and oxygen atoms in total. The molecular weight excluding hydrogens is 318 g/mol. The topological polar surface area (TPSA) is 69.7 Å². The van der Waals surface area contributed by atoms with Gasteiger partial charge in [0.05, 0.1) is 6.04 Å². The van der Waals surface area contributed by atoms with Crippen LogP contribution in [0.5, 0.6) is 0 Å². The van der Waals surface area contributed by atoms with Gasteiger partial charge in [0, 0.05) is 33.1 Å². The van der Waals surface area contributed by atoms with Crippen LogP contribution in [0.3, 0.4) is 0 Å². The van der Waals surface area contributed by atoms with Gasteiger partial charge in [-0.15, -0.1) is 0 Å². The Kier molecular flexibility index (Phi) is 5.82. The first-order valence-corrected chi connectivity index (χ1v) is 8.64. The van der Waals surface area contributed by atoms with Crippen molar-refractivity contribution < 1.29 is 14.4 Å². The van der Waals surface area contributed by atoms with Gasteiger partial charge in [-0.25, -0.2) is 0 Å². The molecule has 3 amide bonds. The molecule has 1 aliphatic rings. The Balaban J connectivity index is 1.98. The van der Waals surface area contributed by atoms with Crippen LogP contribution in [0.1, 0.15) is 39.3 Å². The van der Waals surface area contributed by atoms with Gasteiger partial charge >= 0.3 is 0 Å². The molecule has 1 fully saturated rings. The van der Waals surface area contributed by atoms with Crippen molar-refractivity contribution in [2.75, 3.05) is 26.2 Å². The van der Waals surface area contributed by atoms with E-state index in [1.165, 1.54) is 6.92 Å². The second-order valence-corrected chi connectivity index (χ2v) is 7.03. The number of nitrogens with one attached hydrogen (secondary N) is 1. The second-order valence-electron chi connectivity index (χ2n) is 7.03. The zero-order valence-corrected chi connectivity index (χ0v) is 15.4. The predicted molar refractivity (Wildman–Crippen MR) is 95.6 cm³/mol. The maximum absolute atomic E-state index is 12.8. The first-order chi connectivity index (χ1) is 11.7. The van der Waals surface area contributed by atoms with Crippen LogP contribution in [-0.2, 0) is 14.4 Å². The summed E-state index contributed by atoms with van der Waals surface area (Å²) in [7, 11) is 0. The molecule has 1 aliphatic heterocycles. The molecule has 0 aliphatic carbocycles. The van der Waals surface area contributed by atoms with Crippen molar-refractivity contribution in [3.63, 3.8) is 0 Å². The molecular formula is C19H27N3O3. The number of hydrogen-bond donors (Lipinski definition) is 1. The number of piperazine rings is 1. The summed E-state index contributed by atoms with van der Waals surface area (Å²) in [5.41, 5.74) is -0.157. The zero-order valence-electron chi connectivity index (χ0n) is 15.4. The minimum atomic E-state index is -1.15. The summed E-state index contributed by atoms with van der Waals surface area (Å²) in [6, 6.07) is 9.48. The van der Waals surface area contributed by atoms with E-state index >= 15 is 0 Å². The molecule has 1 aromatic carbocycles. The lowest BCUT2D eigenvalue weighted by atomic mass is 9.89. The molecule has 1 heterocycles. The quantitative estimate of drug-likeness (QED) is 0.843. The number of hydrogen-bond acceptors (Lipinski definition) is 3. The number of benzene rings is 1. The molecule has 1 saturated heterocycles. The van der Waals surface area contributed by atoms with E-state index in [0.717, 1.165) is 5.56 Å². The van der Waals surface area contributed by atoms with Crippen molar-refractivity contribution >= 4 is 17.7 Å². The Morgan fingerprint density at radius 3 is 2.04 bits per heavy atom. The molecule has 0 radical (unpaired) electrons. The average Bonchev–Trinajstić information content (AvgIpc) is 2.61. The van der Waals surface area contributed by atoms with E-state index in [4.69, 9.17) is 0 Å². The van der Waals surface area contributed by atoms with E-state index in [1.807, 2.05) is 37.3 Å². The Bertz CT molecular complexity index is 635. The third kappa shape index (κ3) is 4.38. The molecule has 1 unspecified atom stereocenters. The van der Waals surface area contributed by atoms with Crippen LogP contribution >= 0.6 is 0 Å². The molecule has 1 atom stereocenters. The lowest BCUT2D eigenvalue weighted by Crippen LogP contribution is -2.56. The van der Waals surface area contributed by atoms with Gasteiger partial charge in [0.25, 0.3) is 0 Å². The van der Waals surface area contributed by atoms with Crippen LogP contribution in [0.2, 0.25) is 0 Å². The highest BCUT2D eigenvalue weighted by molar-refractivity contribution is 6.04. The summed E-state index contributed by atoms with van der Waals surface area (Å²) in [6.45, 7) is 8.68. The fourth-order valence-corrected chi connectivity index (χ4v) is 2.92. The van der Waals surface area contributed by atoms with E-state index in [9.17, 15) is 14.4 Å². The van der Waals surface area contributed by atoms with Gasteiger partial charge in [0.1, 0.15) is 5.41 Å². The fourth-order valence-electron chi connectivity index (χ4n) is 2.92. The molecule has 25 heavy (non-hydrogen) atoms. The highest BCUT2D eigenvalue weighted by atomic mass is 16.2. The van der Waals surface area contributed by atoms with Crippen LogP contribution in [0.25, 0.3) is 0 Å². The number of rotatable bonds is 4. The van der Waals surface area contributed by atoms with Crippen LogP contribution in [0.15, 0.2) is 30.3 Å². The second kappa shape index (κ2) is 7.68. The van der Waals surface area contributed by atoms with Crippen LogP contribution < -0.4 is 5.32 Å². The molecule has 0 aromatic heterocycles. The largest absolute Gasteiger partial charge is 0.349 e. The summed E-state index contributed by atoms with van der Waals surface area (Å²) in [5.74, 6) is -0.475. The Morgan fingerprint density at radius 1 is 1.00 bits per heavy atom. The molecule has 1 N–H and O–H groups in total. The standard InChI is InChI=1S/C19H27N3O3/c1-14(16-8-6-5-7-9-16)20-17(24)19(3,4)18(25)22-12-10-21(11-13-22)15(2)23/h5-9,14H,10-13H2,1-4H3,(H,20,24). The van der Waals surface area contributed by atoms with E-state index in [-0.39, 0.29) is 23.8 Å². The smallest absolute Gasteiger partial charge is 0.237 e. The van der Waals surface area contributed by atoms with Gasteiger partial charge in [-0.05, 0) is 26.3 Å². The van der Waals surface area contributed by atoms with Gasteiger partial charge < -0.3 is 15.1 Å². The maximum Gasteiger partial charge on any atom is 0.237 e. The lowest BCUT2D eigenvalue weighted by Gasteiger charge is -2.38.